The van der Waals surface area contributed by atoms with Gasteiger partial charge in [-0.2, -0.15) is 8.78 Å². The molecule has 1 aromatic carbocycles. The Morgan fingerprint density at radius 1 is 1.43 bits per heavy atom. The Morgan fingerprint density at radius 2 is 2.00 bits per heavy atom. The number of carbonyl (C=O) groups is 1. The Hall–Kier alpha value is -1.17. The topological polar surface area (TPSA) is 57.5 Å². The summed E-state index contributed by atoms with van der Waals surface area (Å²) in [5.41, 5.74) is -0.685. The molecule has 0 heterocycles. The summed E-state index contributed by atoms with van der Waals surface area (Å²) in [7, 11) is 0. The van der Waals surface area contributed by atoms with Crippen LogP contribution in [0.15, 0.2) is 22.7 Å². The fourth-order valence-corrected chi connectivity index (χ4v) is 1.20. The van der Waals surface area contributed by atoms with E-state index in [0.717, 1.165) is 18.2 Å². The normalized spacial score (nSPS) is 11.4. The number of phenols is 1. The predicted molar refractivity (Wildman–Crippen MR) is 47.3 cm³/mol. The van der Waals surface area contributed by atoms with E-state index >= 15 is 0 Å². The van der Waals surface area contributed by atoms with Crippen molar-refractivity contribution >= 4 is 21.9 Å². The first-order valence-electron chi connectivity index (χ1n) is 3.46. The number of aliphatic carboxylic acids is 1. The number of rotatable bonds is 2. The van der Waals surface area contributed by atoms with Gasteiger partial charge in [-0.1, -0.05) is 0 Å². The summed E-state index contributed by atoms with van der Waals surface area (Å²) < 4.78 is 25.8. The fraction of sp³-hybridized carbons (Fsp3) is 0.125. The molecular formula is C8H5BrF2O3. The maximum absolute atomic E-state index is 12.9. The molecule has 0 saturated heterocycles. The Balaban J connectivity index is 3.21. The first-order chi connectivity index (χ1) is 6.35. The van der Waals surface area contributed by atoms with Crippen LogP contribution in [0, 0.1) is 0 Å². The Bertz CT molecular complexity index is 379. The van der Waals surface area contributed by atoms with Gasteiger partial charge in [0, 0.05) is 5.56 Å². The van der Waals surface area contributed by atoms with Crippen LogP contribution >= 0.6 is 15.9 Å². The van der Waals surface area contributed by atoms with Crippen LogP contribution in [-0.4, -0.2) is 16.2 Å². The lowest BCUT2D eigenvalue weighted by Gasteiger charge is -2.11. The van der Waals surface area contributed by atoms with Crippen molar-refractivity contribution in [3.63, 3.8) is 0 Å². The number of benzene rings is 1. The van der Waals surface area contributed by atoms with Gasteiger partial charge in [0.2, 0.25) is 0 Å². The number of alkyl halides is 2. The average Bonchev–Trinajstić information content (AvgIpc) is 2.09. The highest BCUT2D eigenvalue weighted by molar-refractivity contribution is 9.10. The van der Waals surface area contributed by atoms with Crippen LogP contribution < -0.4 is 0 Å². The molecule has 3 nitrogen and oxygen atoms in total. The molecule has 1 rings (SSSR count). The zero-order chi connectivity index (χ0) is 10.9. The molecular weight excluding hydrogens is 262 g/mol. The maximum atomic E-state index is 12.9. The third-order valence-electron chi connectivity index (χ3n) is 1.58. The maximum Gasteiger partial charge on any atom is 0.379 e. The Kier molecular flexibility index (Phi) is 2.75. The minimum Gasteiger partial charge on any atom is -0.507 e. The van der Waals surface area contributed by atoms with E-state index in [1.165, 1.54) is 0 Å². The first-order valence-corrected chi connectivity index (χ1v) is 4.25. The molecule has 6 heteroatoms. The van der Waals surface area contributed by atoms with E-state index in [1.807, 2.05) is 0 Å². The second kappa shape index (κ2) is 3.53. The van der Waals surface area contributed by atoms with Crippen LogP contribution in [0.3, 0.4) is 0 Å². The van der Waals surface area contributed by atoms with Gasteiger partial charge in [0.15, 0.2) is 0 Å². The molecule has 1 aromatic rings. The summed E-state index contributed by atoms with van der Waals surface area (Å²) in [6.45, 7) is 0. The van der Waals surface area contributed by atoms with Gasteiger partial charge in [0.25, 0.3) is 0 Å². The van der Waals surface area contributed by atoms with Crippen LogP contribution in [-0.2, 0) is 10.7 Å². The molecule has 0 bridgehead atoms. The number of hydrogen-bond acceptors (Lipinski definition) is 2. The zero-order valence-electron chi connectivity index (χ0n) is 6.67. The Morgan fingerprint density at radius 3 is 2.43 bits per heavy atom. The van der Waals surface area contributed by atoms with Gasteiger partial charge < -0.3 is 10.2 Å². The van der Waals surface area contributed by atoms with Crippen molar-refractivity contribution in [3.8, 4) is 5.75 Å². The SMILES string of the molecule is O=C(O)C(F)(F)c1ccc(O)c(Br)c1. The standard InChI is InChI=1S/C8H5BrF2O3/c9-5-3-4(1-2-6(5)12)8(10,11)7(13)14/h1-3,12H,(H,13,14). The minimum absolute atomic E-state index is 0.0240. The van der Waals surface area contributed by atoms with Crippen LogP contribution in [0.25, 0.3) is 0 Å². The monoisotopic (exact) mass is 266 g/mol. The molecule has 0 atom stereocenters. The summed E-state index contributed by atoms with van der Waals surface area (Å²) in [6, 6.07) is 2.72. The molecule has 0 aliphatic heterocycles. The highest BCUT2D eigenvalue weighted by Crippen LogP contribution is 2.33. The van der Waals surface area contributed by atoms with Crippen molar-refractivity contribution in [2.45, 2.75) is 5.92 Å². The van der Waals surface area contributed by atoms with Crippen molar-refractivity contribution in [3.05, 3.63) is 28.2 Å². The van der Waals surface area contributed by atoms with Gasteiger partial charge in [-0.25, -0.2) is 4.79 Å². The predicted octanol–water partition coefficient (Wildman–Crippen LogP) is 2.33. The quantitative estimate of drug-likeness (QED) is 0.864. The molecule has 76 valence electrons. The molecule has 2 N–H and O–H groups in total. The van der Waals surface area contributed by atoms with Crippen LogP contribution in [0.2, 0.25) is 0 Å². The molecule has 0 unspecified atom stereocenters. The lowest BCUT2D eigenvalue weighted by molar-refractivity contribution is -0.166. The number of halogens is 3. The third-order valence-corrected chi connectivity index (χ3v) is 2.21. The van der Waals surface area contributed by atoms with Gasteiger partial charge in [-0.15, -0.1) is 0 Å². The fourth-order valence-electron chi connectivity index (χ4n) is 0.826. The van der Waals surface area contributed by atoms with E-state index in [2.05, 4.69) is 15.9 Å². The molecule has 0 aliphatic carbocycles. The van der Waals surface area contributed by atoms with E-state index in [1.54, 1.807) is 0 Å². The van der Waals surface area contributed by atoms with Gasteiger partial charge in [-0.3, -0.25) is 0 Å². The Labute approximate surface area is 86.1 Å². The molecule has 0 fully saturated rings. The van der Waals surface area contributed by atoms with E-state index < -0.39 is 17.5 Å². The average molecular weight is 267 g/mol. The number of carboxylic acid groups (broad SMARTS) is 1. The molecule has 0 radical (unpaired) electrons. The summed E-state index contributed by atoms with van der Waals surface area (Å²) in [4.78, 5) is 10.2. The summed E-state index contributed by atoms with van der Waals surface area (Å²) in [5, 5.41) is 17.2. The lowest BCUT2D eigenvalue weighted by Crippen LogP contribution is -2.25. The number of hydrogen-bond donors (Lipinski definition) is 2. The lowest BCUT2D eigenvalue weighted by atomic mass is 10.1. The number of carboxylic acids is 1. The summed E-state index contributed by atoms with van der Waals surface area (Å²) in [5.74, 6) is -6.40. The smallest absolute Gasteiger partial charge is 0.379 e. The second-order valence-electron chi connectivity index (χ2n) is 2.55. The van der Waals surface area contributed by atoms with Crippen molar-refractivity contribution in [2.24, 2.45) is 0 Å². The number of aromatic hydroxyl groups is 1. The van der Waals surface area contributed by atoms with Crippen LogP contribution in [0.1, 0.15) is 5.56 Å². The molecule has 0 spiro atoms. The van der Waals surface area contributed by atoms with Crippen LogP contribution in [0.5, 0.6) is 5.75 Å². The van der Waals surface area contributed by atoms with E-state index in [4.69, 9.17) is 10.2 Å². The third kappa shape index (κ3) is 1.84. The van der Waals surface area contributed by atoms with Gasteiger partial charge >= 0.3 is 11.9 Å². The zero-order valence-corrected chi connectivity index (χ0v) is 8.25. The van der Waals surface area contributed by atoms with Gasteiger partial charge in [0.1, 0.15) is 5.75 Å². The van der Waals surface area contributed by atoms with Crippen molar-refractivity contribution < 1.29 is 23.8 Å². The summed E-state index contributed by atoms with van der Waals surface area (Å²) in [6.07, 6.45) is 0. The van der Waals surface area contributed by atoms with Gasteiger partial charge in [0.05, 0.1) is 4.47 Å². The largest absolute Gasteiger partial charge is 0.507 e. The molecule has 0 saturated carbocycles. The highest BCUT2D eigenvalue weighted by atomic mass is 79.9. The molecule has 0 aromatic heterocycles. The molecule has 0 amide bonds. The van der Waals surface area contributed by atoms with E-state index in [0.29, 0.717) is 0 Å². The van der Waals surface area contributed by atoms with E-state index in [-0.39, 0.29) is 10.2 Å². The summed E-state index contributed by atoms with van der Waals surface area (Å²) >= 11 is 2.81. The minimum atomic E-state index is -3.95. The second-order valence-corrected chi connectivity index (χ2v) is 3.40. The van der Waals surface area contributed by atoms with Crippen molar-refractivity contribution in [2.75, 3.05) is 0 Å². The van der Waals surface area contributed by atoms with Crippen molar-refractivity contribution in [1.82, 2.24) is 0 Å². The van der Waals surface area contributed by atoms with Gasteiger partial charge in [-0.05, 0) is 34.1 Å². The van der Waals surface area contributed by atoms with E-state index in [9.17, 15) is 13.6 Å². The van der Waals surface area contributed by atoms with Crippen molar-refractivity contribution in [1.29, 1.82) is 0 Å². The van der Waals surface area contributed by atoms with Crippen LogP contribution in [0.4, 0.5) is 8.78 Å². The molecule has 0 aliphatic rings. The highest BCUT2D eigenvalue weighted by Gasteiger charge is 2.41. The first kappa shape index (κ1) is 10.9. The number of phenolic OH excluding ortho intramolecular Hbond substituents is 1. The molecule has 14 heavy (non-hydrogen) atoms.